The molecule has 0 spiro atoms. The first kappa shape index (κ1) is 29.0. The molecule has 1 aromatic heterocycles. The van der Waals surface area contributed by atoms with Crippen molar-refractivity contribution in [1.82, 2.24) is 25.9 Å². The number of nitrogens with one attached hydrogen (secondary N) is 4. The number of amides is 5. The number of rotatable bonds is 15. The molecule has 11 N–H and O–H groups in total. The summed E-state index contributed by atoms with van der Waals surface area (Å²) < 4.78 is 0. The molecule has 4 unspecified atom stereocenters. The van der Waals surface area contributed by atoms with Gasteiger partial charge in [-0.3, -0.25) is 24.0 Å². The first-order chi connectivity index (χ1) is 16.3. The first-order valence-corrected chi connectivity index (χ1v) is 10.7. The number of primary amides is 2. The van der Waals surface area contributed by atoms with Gasteiger partial charge in [-0.15, -0.1) is 0 Å². The van der Waals surface area contributed by atoms with Crippen LogP contribution >= 0.6 is 0 Å². The normalized spacial score (nSPS) is 14.3. The lowest BCUT2D eigenvalue weighted by Crippen LogP contribution is -2.58. The number of imidazole rings is 1. The molecule has 0 aliphatic heterocycles. The molecule has 15 nitrogen and oxygen atoms in total. The molecule has 4 atom stereocenters. The summed E-state index contributed by atoms with van der Waals surface area (Å²) >= 11 is 0. The van der Waals surface area contributed by atoms with Crippen LogP contribution in [0.3, 0.4) is 0 Å². The standard InChI is InChI=1S/C20H32N8O7/c1-9(2)16(23)19(33)28-13(6-15(22)30)18(32)27-12(5-10-7-24-8-25-10)17(31)26-11(20(34)35)3-4-14(21)29/h7-9,11-13,16H,3-6,23H2,1-2H3,(H2,21,29)(H2,22,30)(H,24,25)(H,26,31)(H,27,32)(H,28,33)(H,34,35). The third kappa shape index (κ3) is 10.2. The van der Waals surface area contributed by atoms with Crippen LogP contribution in [0.4, 0.5) is 0 Å². The van der Waals surface area contributed by atoms with Crippen molar-refractivity contribution in [2.75, 3.05) is 0 Å². The van der Waals surface area contributed by atoms with E-state index in [-0.39, 0.29) is 25.2 Å². The van der Waals surface area contributed by atoms with Gasteiger partial charge in [-0.25, -0.2) is 9.78 Å². The van der Waals surface area contributed by atoms with Gasteiger partial charge >= 0.3 is 5.97 Å². The van der Waals surface area contributed by atoms with Crippen molar-refractivity contribution in [1.29, 1.82) is 0 Å². The SMILES string of the molecule is CC(C)C(N)C(=O)NC(CC(N)=O)C(=O)NC(Cc1cnc[nH]1)C(=O)NC(CCC(N)=O)C(=O)O. The fourth-order valence-corrected chi connectivity index (χ4v) is 2.90. The highest BCUT2D eigenvalue weighted by atomic mass is 16.4. The van der Waals surface area contributed by atoms with E-state index in [2.05, 4.69) is 25.9 Å². The number of nitrogens with zero attached hydrogens (tertiary/aromatic N) is 1. The molecular weight excluding hydrogens is 464 g/mol. The maximum Gasteiger partial charge on any atom is 0.326 e. The van der Waals surface area contributed by atoms with Crippen LogP contribution in [-0.4, -0.2) is 74.7 Å². The Morgan fingerprint density at radius 1 is 0.943 bits per heavy atom. The Labute approximate surface area is 200 Å². The number of hydrogen-bond acceptors (Lipinski definition) is 8. The van der Waals surface area contributed by atoms with Crippen molar-refractivity contribution in [2.24, 2.45) is 23.1 Å². The third-order valence-corrected chi connectivity index (χ3v) is 4.97. The van der Waals surface area contributed by atoms with Crippen LogP contribution in [0.25, 0.3) is 0 Å². The quantitative estimate of drug-likeness (QED) is 0.120. The minimum Gasteiger partial charge on any atom is -0.480 e. The second-order valence-electron chi connectivity index (χ2n) is 8.25. The lowest BCUT2D eigenvalue weighted by atomic mass is 10.0. The Kier molecular flexibility index (Phi) is 11.3. The van der Waals surface area contributed by atoms with Crippen LogP contribution in [0, 0.1) is 5.92 Å². The summed E-state index contributed by atoms with van der Waals surface area (Å²) in [4.78, 5) is 78.7. The Morgan fingerprint density at radius 3 is 2.00 bits per heavy atom. The molecule has 0 aliphatic carbocycles. The van der Waals surface area contributed by atoms with Gasteiger partial charge in [-0.05, 0) is 12.3 Å². The molecule has 0 saturated heterocycles. The van der Waals surface area contributed by atoms with Crippen LogP contribution in [-0.2, 0) is 35.2 Å². The summed E-state index contributed by atoms with van der Waals surface area (Å²) in [6.45, 7) is 3.38. The fourth-order valence-electron chi connectivity index (χ4n) is 2.90. The van der Waals surface area contributed by atoms with Gasteiger partial charge in [0.1, 0.15) is 18.1 Å². The van der Waals surface area contributed by atoms with E-state index in [1.54, 1.807) is 13.8 Å². The van der Waals surface area contributed by atoms with E-state index in [0.717, 1.165) is 0 Å². The predicted octanol–water partition coefficient (Wildman–Crippen LogP) is -3.38. The summed E-state index contributed by atoms with van der Waals surface area (Å²) in [5, 5.41) is 16.4. The smallest absolute Gasteiger partial charge is 0.326 e. The van der Waals surface area contributed by atoms with E-state index < -0.39 is 66.1 Å². The van der Waals surface area contributed by atoms with Crippen LogP contribution in [0.2, 0.25) is 0 Å². The van der Waals surface area contributed by atoms with Crippen LogP contribution in [0.15, 0.2) is 12.5 Å². The number of carboxylic acid groups (broad SMARTS) is 1. The average Bonchev–Trinajstić information content (AvgIpc) is 3.27. The van der Waals surface area contributed by atoms with Gasteiger partial charge in [0.15, 0.2) is 0 Å². The van der Waals surface area contributed by atoms with Crippen molar-refractivity contribution < 1.29 is 33.9 Å². The lowest BCUT2D eigenvalue weighted by Gasteiger charge is -2.25. The Balaban J connectivity index is 3.08. The van der Waals surface area contributed by atoms with Crippen molar-refractivity contribution in [2.45, 2.75) is 63.7 Å². The van der Waals surface area contributed by atoms with E-state index in [9.17, 15) is 33.9 Å². The number of aromatic amines is 1. The largest absolute Gasteiger partial charge is 0.480 e. The molecule has 0 bridgehead atoms. The number of aromatic nitrogens is 2. The van der Waals surface area contributed by atoms with Crippen molar-refractivity contribution in [3.05, 3.63) is 18.2 Å². The molecule has 1 heterocycles. The number of carbonyl (C=O) groups excluding carboxylic acids is 5. The van der Waals surface area contributed by atoms with E-state index in [0.29, 0.717) is 5.69 Å². The summed E-state index contributed by atoms with van der Waals surface area (Å²) in [7, 11) is 0. The molecular formula is C20H32N8O7. The number of hydrogen-bond donors (Lipinski definition) is 8. The zero-order chi connectivity index (χ0) is 26.7. The second-order valence-corrected chi connectivity index (χ2v) is 8.25. The maximum atomic E-state index is 12.9. The molecule has 0 aliphatic rings. The predicted molar refractivity (Wildman–Crippen MR) is 121 cm³/mol. The molecule has 194 valence electrons. The zero-order valence-electron chi connectivity index (χ0n) is 19.4. The second kappa shape index (κ2) is 13.6. The van der Waals surface area contributed by atoms with Crippen LogP contribution in [0.5, 0.6) is 0 Å². The molecule has 0 aromatic carbocycles. The highest BCUT2D eigenvalue weighted by Gasteiger charge is 2.32. The molecule has 1 aromatic rings. The fraction of sp³-hybridized carbons (Fsp3) is 0.550. The summed E-state index contributed by atoms with van der Waals surface area (Å²) in [5.41, 5.74) is 16.5. The monoisotopic (exact) mass is 496 g/mol. The molecule has 1 rings (SSSR count). The van der Waals surface area contributed by atoms with Gasteiger partial charge < -0.3 is 43.2 Å². The number of carboxylic acids is 1. The van der Waals surface area contributed by atoms with Gasteiger partial charge in [0, 0.05) is 24.7 Å². The van der Waals surface area contributed by atoms with E-state index >= 15 is 0 Å². The number of carbonyl (C=O) groups is 6. The Bertz CT molecular complexity index is 919. The molecule has 0 radical (unpaired) electrons. The van der Waals surface area contributed by atoms with Gasteiger partial charge in [-0.2, -0.15) is 0 Å². The van der Waals surface area contributed by atoms with Crippen molar-refractivity contribution >= 4 is 35.5 Å². The summed E-state index contributed by atoms with van der Waals surface area (Å²) in [5.74, 6) is -5.83. The molecule has 0 fully saturated rings. The minimum atomic E-state index is -1.46. The number of aliphatic carboxylic acids is 1. The van der Waals surface area contributed by atoms with Gasteiger partial charge in [-0.1, -0.05) is 13.8 Å². The Morgan fingerprint density at radius 2 is 1.51 bits per heavy atom. The van der Waals surface area contributed by atoms with Crippen molar-refractivity contribution in [3.8, 4) is 0 Å². The third-order valence-electron chi connectivity index (χ3n) is 4.97. The molecule has 35 heavy (non-hydrogen) atoms. The number of H-pyrrole nitrogens is 1. The minimum absolute atomic E-state index is 0.136. The highest BCUT2D eigenvalue weighted by Crippen LogP contribution is 2.05. The maximum absolute atomic E-state index is 12.9. The van der Waals surface area contributed by atoms with Gasteiger partial charge in [0.05, 0.1) is 18.8 Å². The molecule has 5 amide bonds. The molecule has 0 saturated carbocycles. The van der Waals surface area contributed by atoms with Gasteiger partial charge in [0.25, 0.3) is 0 Å². The topological polar surface area (TPSA) is 265 Å². The van der Waals surface area contributed by atoms with E-state index in [1.165, 1.54) is 12.5 Å². The lowest BCUT2D eigenvalue weighted by molar-refractivity contribution is -0.142. The van der Waals surface area contributed by atoms with E-state index in [1.807, 2.05) is 0 Å². The Hall–Kier alpha value is -4.01. The first-order valence-electron chi connectivity index (χ1n) is 10.7. The van der Waals surface area contributed by atoms with Crippen LogP contribution < -0.4 is 33.2 Å². The number of nitrogens with two attached hydrogens (primary N) is 3. The van der Waals surface area contributed by atoms with Crippen molar-refractivity contribution in [3.63, 3.8) is 0 Å². The summed E-state index contributed by atoms with van der Waals surface area (Å²) in [6.07, 6.45) is 1.45. The van der Waals surface area contributed by atoms with Gasteiger partial charge in [0.2, 0.25) is 29.5 Å². The highest BCUT2D eigenvalue weighted by molar-refractivity contribution is 5.96. The summed E-state index contributed by atoms with van der Waals surface area (Å²) in [6, 6.07) is -5.21. The van der Waals surface area contributed by atoms with Crippen LogP contribution in [0.1, 0.15) is 38.8 Å². The average molecular weight is 497 g/mol. The van der Waals surface area contributed by atoms with E-state index in [4.69, 9.17) is 17.2 Å². The zero-order valence-corrected chi connectivity index (χ0v) is 19.4. The molecule has 15 heteroatoms.